The molecule has 0 unspecified atom stereocenters. The largest absolute Gasteiger partial charge is 0.506 e. The van der Waals surface area contributed by atoms with Crippen molar-refractivity contribution >= 4 is 27.5 Å². The van der Waals surface area contributed by atoms with Gasteiger partial charge in [0.2, 0.25) is 0 Å². The lowest BCUT2D eigenvalue weighted by atomic mass is 10.1. The Labute approximate surface area is 125 Å². The van der Waals surface area contributed by atoms with E-state index < -0.39 is 0 Å². The number of hydrogen-bond acceptors (Lipinski definition) is 3. The molecule has 2 aromatic rings. The quantitative estimate of drug-likeness (QED) is 0.840. The van der Waals surface area contributed by atoms with E-state index in [1.54, 1.807) is 36.4 Å². The van der Waals surface area contributed by atoms with Crippen LogP contribution < -0.4 is 10.1 Å². The Kier molecular flexibility index (Phi) is 4.29. The fraction of sp³-hybridized carbons (Fsp3) is 0.133. The number of carbonyl (C=O) groups excluding carboxylic acids is 1. The summed E-state index contributed by atoms with van der Waals surface area (Å²) in [5.74, 6) is 0.153. The Morgan fingerprint density at radius 3 is 2.70 bits per heavy atom. The van der Waals surface area contributed by atoms with Crippen molar-refractivity contribution in [2.75, 3.05) is 12.4 Å². The predicted molar refractivity (Wildman–Crippen MR) is 81.5 cm³/mol. The van der Waals surface area contributed by atoms with Crippen molar-refractivity contribution in [1.82, 2.24) is 0 Å². The lowest BCUT2D eigenvalue weighted by Gasteiger charge is -2.11. The molecule has 104 valence electrons. The second-order valence-electron chi connectivity index (χ2n) is 4.32. The minimum Gasteiger partial charge on any atom is -0.506 e. The van der Waals surface area contributed by atoms with Crippen LogP contribution in [0.1, 0.15) is 15.9 Å². The summed E-state index contributed by atoms with van der Waals surface area (Å²) in [4.78, 5) is 12.3. The van der Waals surface area contributed by atoms with Crippen LogP contribution >= 0.6 is 15.9 Å². The van der Waals surface area contributed by atoms with Crippen LogP contribution in [0.25, 0.3) is 0 Å². The van der Waals surface area contributed by atoms with Gasteiger partial charge >= 0.3 is 0 Å². The topological polar surface area (TPSA) is 58.6 Å². The van der Waals surface area contributed by atoms with E-state index in [0.29, 0.717) is 17.0 Å². The molecule has 20 heavy (non-hydrogen) atoms. The molecule has 0 spiro atoms. The number of rotatable bonds is 3. The Hall–Kier alpha value is -2.01. The summed E-state index contributed by atoms with van der Waals surface area (Å²) in [5, 5.41) is 12.4. The van der Waals surface area contributed by atoms with E-state index in [2.05, 4.69) is 21.2 Å². The van der Waals surface area contributed by atoms with Crippen molar-refractivity contribution in [3.63, 3.8) is 0 Å². The second kappa shape index (κ2) is 5.96. The number of nitrogens with one attached hydrogen (secondary N) is 1. The number of hydrogen-bond donors (Lipinski definition) is 2. The van der Waals surface area contributed by atoms with E-state index in [1.165, 1.54) is 7.11 Å². The molecule has 2 aromatic carbocycles. The van der Waals surface area contributed by atoms with Crippen molar-refractivity contribution in [3.05, 3.63) is 52.0 Å². The fourth-order valence-corrected chi connectivity index (χ4v) is 2.16. The number of anilines is 1. The highest BCUT2D eigenvalue weighted by Gasteiger charge is 2.14. The molecule has 0 aliphatic heterocycles. The number of halogens is 1. The molecule has 0 bridgehead atoms. The van der Waals surface area contributed by atoms with E-state index in [1.807, 2.05) is 6.92 Å². The van der Waals surface area contributed by atoms with Crippen LogP contribution in [-0.2, 0) is 0 Å². The normalized spacial score (nSPS) is 10.2. The zero-order valence-electron chi connectivity index (χ0n) is 11.1. The molecule has 4 nitrogen and oxygen atoms in total. The standard InChI is InChI=1S/C15H14BrNO3/c1-9-3-5-13(18)12(7-9)17-15(19)11-8-10(16)4-6-14(11)20-2/h3-8,18H,1-2H3,(H,17,19). The summed E-state index contributed by atoms with van der Waals surface area (Å²) in [6.07, 6.45) is 0. The van der Waals surface area contributed by atoms with Gasteiger partial charge in [-0.3, -0.25) is 4.79 Å². The average molecular weight is 336 g/mol. The van der Waals surface area contributed by atoms with Crippen molar-refractivity contribution in [2.24, 2.45) is 0 Å². The van der Waals surface area contributed by atoms with E-state index in [4.69, 9.17) is 4.74 Å². The molecule has 2 rings (SSSR count). The summed E-state index contributed by atoms with van der Waals surface area (Å²) in [6, 6.07) is 10.2. The first kappa shape index (κ1) is 14.4. The van der Waals surface area contributed by atoms with Crippen LogP contribution in [0.5, 0.6) is 11.5 Å². The van der Waals surface area contributed by atoms with Gasteiger partial charge in [0.15, 0.2) is 0 Å². The number of benzene rings is 2. The second-order valence-corrected chi connectivity index (χ2v) is 5.24. The summed E-state index contributed by atoms with van der Waals surface area (Å²) >= 11 is 3.32. The Morgan fingerprint density at radius 2 is 2.00 bits per heavy atom. The van der Waals surface area contributed by atoms with Gasteiger partial charge in [-0.05, 0) is 42.8 Å². The van der Waals surface area contributed by atoms with Crippen LogP contribution in [0.4, 0.5) is 5.69 Å². The zero-order chi connectivity index (χ0) is 14.7. The van der Waals surface area contributed by atoms with Crippen molar-refractivity contribution in [2.45, 2.75) is 6.92 Å². The summed E-state index contributed by atoms with van der Waals surface area (Å²) in [5.41, 5.74) is 1.71. The number of aryl methyl sites for hydroxylation is 1. The number of phenolic OH excluding ortho intramolecular Hbond substituents is 1. The molecule has 1 amide bonds. The predicted octanol–water partition coefficient (Wildman–Crippen LogP) is 3.72. The highest BCUT2D eigenvalue weighted by atomic mass is 79.9. The molecular formula is C15H14BrNO3. The first-order valence-electron chi connectivity index (χ1n) is 5.96. The number of carbonyl (C=O) groups is 1. The minimum atomic E-state index is -0.343. The SMILES string of the molecule is COc1ccc(Br)cc1C(=O)Nc1cc(C)ccc1O. The third-order valence-corrected chi connectivity index (χ3v) is 3.30. The van der Waals surface area contributed by atoms with Crippen LogP contribution in [0.3, 0.4) is 0 Å². The van der Waals surface area contributed by atoms with Crippen molar-refractivity contribution in [1.29, 1.82) is 0 Å². The first-order valence-corrected chi connectivity index (χ1v) is 6.75. The van der Waals surface area contributed by atoms with Gasteiger partial charge in [0.1, 0.15) is 11.5 Å². The van der Waals surface area contributed by atoms with Gasteiger partial charge in [0, 0.05) is 4.47 Å². The summed E-state index contributed by atoms with van der Waals surface area (Å²) in [7, 11) is 1.50. The molecule has 0 radical (unpaired) electrons. The van der Waals surface area contributed by atoms with E-state index in [-0.39, 0.29) is 11.7 Å². The Morgan fingerprint density at radius 1 is 1.25 bits per heavy atom. The fourth-order valence-electron chi connectivity index (χ4n) is 1.80. The average Bonchev–Trinajstić information content (AvgIpc) is 2.42. The number of methoxy groups -OCH3 is 1. The Balaban J connectivity index is 2.32. The molecule has 5 heteroatoms. The maximum atomic E-state index is 12.3. The van der Waals surface area contributed by atoms with E-state index in [9.17, 15) is 9.90 Å². The maximum absolute atomic E-state index is 12.3. The number of ether oxygens (including phenoxy) is 1. The zero-order valence-corrected chi connectivity index (χ0v) is 12.7. The monoisotopic (exact) mass is 335 g/mol. The van der Waals surface area contributed by atoms with Crippen LogP contribution in [-0.4, -0.2) is 18.1 Å². The van der Waals surface area contributed by atoms with Gasteiger partial charge in [0.05, 0.1) is 18.4 Å². The molecule has 0 aromatic heterocycles. The molecule has 2 N–H and O–H groups in total. The number of amides is 1. The molecule has 0 aliphatic rings. The maximum Gasteiger partial charge on any atom is 0.259 e. The third-order valence-electron chi connectivity index (χ3n) is 2.81. The van der Waals surface area contributed by atoms with Gasteiger partial charge in [-0.1, -0.05) is 22.0 Å². The van der Waals surface area contributed by atoms with Crippen LogP contribution in [0.2, 0.25) is 0 Å². The van der Waals surface area contributed by atoms with Crippen molar-refractivity contribution in [3.8, 4) is 11.5 Å². The Bertz CT molecular complexity index is 656. The molecule has 0 saturated heterocycles. The van der Waals surface area contributed by atoms with E-state index >= 15 is 0 Å². The van der Waals surface area contributed by atoms with Crippen LogP contribution in [0, 0.1) is 6.92 Å². The number of aromatic hydroxyl groups is 1. The van der Waals surface area contributed by atoms with Gasteiger partial charge in [-0.25, -0.2) is 0 Å². The highest BCUT2D eigenvalue weighted by molar-refractivity contribution is 9.10. The lowest BCUT2D eigenvalue weighted by Crippen LogP contribution is -2.13. The van der Waals surface area contributed by atoms with Crippen molar-refractivity contribution < 1.29 is 14.6 Å². The third kappa shape index (κ3) is 3.11. The molecule has 0 fully saturated rings. The summed E-state index contributed by atoms with van der Waals surface area (Å²) in [6.45, 7) is 1.88. The van der Waals surface area contributed by atoms with Gasteiger partial charge in [0.25, 0.3) is 5.91 Å². The first-order chi connectivity index (χ1) is 9.51. The van der Waals surface area contributed by atoms with Gasteiger partial charge in [-0.15, -0.1) is 0 Å². The van der Waals surface area contributed by atoms with Crippen LogP contribution in [0.15, 0.2) is 40.9 Å². The lowest BCUT2D eigenvalue weighted by molar-refractivity contribution is 0.102. The number of phenols is 1. The van der Waals surface area contributed by atoms with E-state index in [0.717, 1.165) is 10.0 Å². The summed E-state index contributed by atoms with van der Waals surface area (Å²) < 4.78 is 5.94. The molecule has 0 atom stereocenters. The smallest absolute Gasteiger partial charge is 0.259 e. The molecule has 0 saturated carbocycles. The highest BCUT2D eigenvalue weighted by Crippen LogP contribution is 2.27. The minimum absolute atomic E-state index is 0.0258. The molecular weight excluding hydrogens is 322 g/mol. The molecule has 0 aliphatic carbocycles. The van der Waals surface area contributed by atoms with Gasteiger partial charge in [-0.2, -0.15) is 0 Å². The molecule has 0 heterocycles. The van der Waals surface area contributed by atoms with Gasteiger partial charge < -0.3 is 15.2 Å².